The van der Waals surface area contributed by atoms with Gasteiger partial charge in [0.25, 0.3) is 11.7 Å². The largest absolute Gasteiger partial charge is 0.371 e. The molecule has 19 heavy (non-hydrogen) atoms. The predicted molar refractivity (Wildman–Crippen MR) is 77.0 cm³/mol. The molecule has 0 radical (unpaired) electrons. The lowest BCUT2D eigenvalue weighted by atomic mass is 10.1. The lowest BCUT2D eigenvalue weighted by molar-refractivity contribution is -0.114. The third-order valence-electron chi connectivity index (χ3n) is 3.44. The number of nitrogens with zero attached hydrogens (tertiary/aromatic N) is 2. The molecule has 1 aliphatic heterocycles. The molecule has 0 N–H and O–H groups in total. The summed E-state index contributed by atoms with van der Waals surface area (Å²) in [4.78, 5) is 27.1. The predicted octanol–water partition coefficient (Wildman–Crippen LogP) is 2.47. The van der Waals surface area contributed by atoms with Crippen LogP contribution in [0.25, 0.3) is 0 Å². The second kappa shape index (κ2) is 5.43. The van der Waals surface area contributed by atoms with E-state index in [1.165, 1.54) is 4.90 Å². The Hall–Kier alpha value is -1.84. The van der Waals surface area contributed by atoms with Crippen molar-refractivity contribution in [1.29, 1.82) is 0 Å². The van der Waals surface area contributed by atoms with Crippen molar-refractivity contribution in [2.45, 2.75) is 26.7 Å². The maximum absolute atomic E-state index is 11.7. The Balaban J connectivity index is 2.36. The summed E-state index contributed by atoms with van der Waals surface area (Å²) in [6, 6.07) is 5.66. The highest BCUT2D eigenvalue weighted by Crippen LogP contribution is 2.31. The van der Waals surface area contributed by atoms with Gasteiger partial charge in [-0.2, -0.15) is 0 Å². The quantitative estimate of drug-likeness (QED) is 0.764. The smallest absolute Gasteiger partial charge is 0.299 e. The van der Waals surface area contributed by atoms with Crippen molar-refractivity contribution in [1.82, 2.24) is 0 Å². The van der Waals surface area contributed by atoms with E-state index in [1.54, 1.807) is 13.1 Å². The fourth-order valence-electron chi connectivity index (χ4n) is 2.47. The summed E-state index contributed by atoms with van der Waals surface area (Å²) in [5.41, 5.74) is 2.32. The van der Waals surface area contributed by atoms with E-state index >= 15 is 0 Å². The lowest BCUT2D eigenvalue weighted by Crippen LogP contribution is -2.26. The van der Waals surface area contributed by atoms with Crippen LogP contribution < -0.4 is 9.80 Å². The number of benzene rings is 1. The zero-order valence-corrected chi connectivity index (χ0v) is 11.8. The molecule has 4 nitrogen and oxygen atoms in total. The number of Topliss-reactive ketones (excluding diaryl/α,β-unsaturated/α-hetero) is 1. The second-order valence-corrected chi connectivity index (χ2v) is 4.88. The van der Waals surface area contributed by atoms with Crippen molar-refractivity contribution in [3.63, 3.8) is 0 Å². The van der Waals surface area contributed by atoms with Crippen LogP contribution in [0.15, 0.2) is 18.2 Å². The van der Waals surface area contributed by atoms with Gasteiger partial charge in [0.1, 0.15) is 0 Å². The second-order valence-electron chi connectivity index (χ2n) is 4.88. The number of rotatable bonds is 5. The summed E-state index contributed by atoms with van der Waals surface area (Å²) >= 11 is 0. The molecular weight excluding hydrogens is 240 g/mol. The Morgan fingerprint density at radius 2 is 1.74 bits per heavy atom. The summed E-state index contributed by atoms with van der Waals surface area (Å²) in [7, 11) is 1.65. The fourth-order valence-corrected chi connectivity index (χ4v) is 2.47. The van der Waals surface area contributed by atoms with E-state index in [0.717, 1.165) is 37.3 Å². The van der Waals surface area contributed by atoms with Gasteiger partial charge in [-0.25, -0.2) is 0 Å². The van der Waals surface area contributed by atoms with Crippen molar-refractivity contribution in [2.24, 2.45) is 0 Å². The Morgan fingerprint density at radius 1 is 1.11 bits per heavy atom. The Kier molecular flexibility index (Phi) is 3.88. The normalized spacial score (nSPS) is 13.9. The highest BCUT2D eigenvalue weighted by molar-refractivity contribution is 6.52. The molecule has 1 amide bonds. The third kappa shape index (κ3) is 2.35. The number of fused-ring (bicyclic) bond motifs is 1. The van der Waals surface area contributed by atoms with Gasteiger partial charge in [-0.1, -0.05) is 13.8 Å². The van der Waals surface area contributed by atoms with Gasteiger partial charge in [0.05, 0.1) is 11.3 Å². The molecule has 0 saturated carbocycles. The van der Waals surface area contributed by atoms with Crippen molar-refractivity contribution < 1.29 is 9.59 Å². The number of hydrogen-bond donors (Lipinski definition) is 0. The van der Waals surface area contributed by atoms with Gasteiger partial charge in [-0.3, -0.25) is 9.59 Å². The standard InChI is InChI=1S/C15H20N2O2/c1-4-8-17(9-5-2)11-6-7-12-13(10-11)16(3)15(19)14(12)18/h6-7,10H,4-5,8-9H2,1-3H3. The summed E-state index contributed by atoms with van der Waals surface area (Å²) in [5, 5.41) is 0. The van der Waals surface area contributed by atoms with E-state index in [0.29, 0.717) is 5.56 Å². The number of hydrogen-bond acceptors (Lipinski definition) is 3. The topological polar surface area (TPSA) is 40.6 Å². The van der Waals surface area contributed by atoms with Crippen LogP contribution in [0, 0.1) is 0 Å². The first kappa shape index (κ1) is 13.6. The van der Waals surface area contributed by atoms with Crippen LogP contribution in [-0.4, -0.2) is 31.8 Å². The molecule has 0 aromatic heterocycles. The van der Waals surface area contributed by atoms with E-state index < -0.39 is 11.7 Å². The SMILES string of the molecule is CCCN(CCC)c1ccc2c(c1)N(C)C(=O)C2=O. The average Bonchev–Trinajstić information content (AvgIpc) is 2.63. The molecule has 1 aromatic rings. The molecule has 0 bridgehead atoms. The van der Waals surface area contributed by atoms with Crippen LogP contribution in [-0.2, 0) is 4.79 Å². The average molecular weight is 260 g/mol. The van der Waals surface area contributed by atoms with Gasteiger partial charge in [0, 0.05) is 25.8 Å². The first-order chi connectivity index (χ1) is 9.10. The molecule has 0 spiro atoms. The number of anilines is 2. The van der Waals surface area contributed by atoms with E-state index in [-0.39, 0.29) is 0 Å². The molecule has 0 unspecified atom stereocenters. The molecule has 4 heteroatoms. The molecule has 1 aromatic carbocycles. The van der Waals surface area contributed by atoms with Crippen LogP contribution in [0.5, 0.6) is 0 Å². The minimum atomic E-state index is -0.440. The molecule has 2 rings (SSSR count). The van der Waals surface area contributed by atoms with Crippen LogP contribution in [0.4, 0.5) is 11.4 Å². The summed E-state index contributed by atoms with van der Waals surface area (Å²) in [5.74, 6) is -0.841. The van der Waals surface area contributed by atoms with Crippen LogP contribution in [0.3, 0.4) is 0 Å². The minimum absolute atomic E-state index is 0.401. The van der Waals surface area contributed by atoms with Gasteiger partial charge >= 0.3 is 0 Å². The van der Waals surface area contributed by atoms with E-state index in [1.807, 2.05) is 12.1 Å². The van der Waals surface area contributed by atoms with Crippen molar-refractivity contribution >= 4 is 23.1 Å². The van der Waals surface area contributed by atoms with E-state index in [4.69, 9.17) is 0 Å². The fraction of sp³-hybridized carbons (Fsp3) is 0.467. The maximum atomic E-state index is 11.7. The zero-order valence-electron chi connectivity index (χ0n) is 11.8. The first-order valence-electron chi connectivity index (χ1n) is 6.81. The van der Waals surface area contributed by atoms with Crippen molar-refractivity contribution in [2.75, 3.05) is 29.9 Å². The minimum Gasteiger partial charge on any atom is -0.371 e. The van der Waals surface area contributed by atoms with Crippen molar-refractivity contribution in [3.8, 4) is 0 Å². The monoisotopic (exact) mass is 260 g/mol. The maximum Gasteiger partial charge on any atom is 0.299 e. The Bertz CT molecular complexity index is 505. The van der Waals surface area contributed by atoms with Crippen molar-refractivity contribution in [3.05, 3.63) is 23.8 Å². The molecule has 1 heterocycles. The molecule has 0 atom stereocenters. The molecular formula is C15H20N2O2. The van der Waals surface area contributed by atoms with Gasteiger partial charge in [0.15, 0.2) is 0 Å². The summed E-state index contributed by atoms with van der Waals surface area (Å²) in [6.45, 7) is 6.26. The van der Waals surface area contributed by atoms with Gasteiger partial charge < -0.3 is 9.80 Å². The Morgan fingerprint density at radius 3 is 2.32 bits per heavy atom. The number of ketones is 1. The third-order valence-corrected chi connectivity index (χ3v) is 3.44. The Labute approximate surface area is 114 Å². The highest BCUT2D eigenvalue weighted by Gasteiger charge is 2.33. The van der Waals surface area contributed by atoms with Crippen LogP contribution >= 0.6 is 0 Å². The molecule has 0 aliphatic carbocycles. The zero-order chi connectivity index (χ0) is 14.0. The number of carbonyl (C=O) groups is 2. The first-order valence-corrected chi connectivity index (χ1v) is 6.81. The van der Waals surface area contributed by atoms with Crippen LogP contribution in [0.2, 0.25) is 0 Å². The van der Waals surface area contributed by atoms with E-state index in [9.17, 15) is 9.59 Å². The molecule has 0 fully saturated rings. The molecule has 1 aliphatic rings. The molecule has 0 saturated heterocycles. The van der Waals surface area contributed by atoms with Gasteiger partial charge in [0.2, 0.25) is 0 Å². The van der Waals surface area contributed by atoms with Crippen LogP contribution in [0.1, 0.15) is 37.0 Å². The number of likely N-dealkylation sites (N-methyl/N-ethyl adjacent to an activating group) is 1. The lowest BCUT2D eigenvalue weighted by Gasteiger charge is -2.24. The van der Waals surface area contributed by atoms with E-state index in [2.05, 4.69) is 18.7 Å². The number of amides is 1. The number of carbonyl (C=O) groups excluding carboxylic acids is 2. The van der Waals surface area contributed by atoms with Gasteiger partial charge in [-0.05, 0) is 31.0 Å². The summed E-state index contributed by atoms with van der Waals surface area (Å²) < 4.78 is 0. The van der Waals surface area contributed by atoms with Gasteiger partial charge in [-0.15, -0.1) is 0 Å². The summed E-state index contributed by atoms with van der Waals surface area (Å²) in [6.07, 6.45) is 2.15. The highest BCUT2D eigenvalue weighted by atomic mass is 16.2. The molecule has 102 valence electrons.